The number of esters is 1. The zero-order chi connectivity index (χ0) is 15.2. The second kappa shape index (κ2) is 5.14. The first-order valence-corrected chi connectivity index (χ1v) is 7.66. The Morgan fingerprint density at radius 2 is 1.55 bits per heavy atom. The summed E-state index contributed by atoms with van der Waals surface area (Å²) in [5.74, 6) is -0.904. The number of aliphatic hydroxyl groups is 2. The summed E-state index contributed by atoms with van der Waals surface area (Å²) in [5.41, 5.74) is -0.563. The summed E-state index contributed by atoms with van der Waals surface area (Å²) in [4.78, 5) is 12.1. The van der Waals surface area contributed by atoms with E-state index in [1.54, 1.807) is 20.8 Å². The SMILES string of the molecule is CC(C)(C)OC(=O)C1CN2C(O)=C(Br)C(Br)=C(O)N2C1. The molecule has 8 heteroatoms. The topological polar surface area (TPSA) is 73.2 Å². The first kappa shape index (κ1) is 15.5. The van der Waals surface area contributed by atoms with Crippen LogP contribution in [0, 0.1) is 5.92 Å². The van der Waals surface area contributed by atoms with E-state index in [2.05, 4.69) is 31.9 Å². The third-order valence-corrected chi connectivity index (χ3v) is 4.93. The smallest absolute Gasteiger partial charge is 0.313 e. The molecule has 0 spiro atoms. The summed E-state index contributed by atoms with van der Waals surface area (Å²) >= 11 is 6.36. The first-order chi connectivity index (χ1) is 9.11. The normalized spacial score (nSPS) is 20.6. The summed E-state index contributed by atoms with van der Waals surface area (Å²) in [6.07, 6.45) is 0. The molecule has 0 aromatic carbocycles. The Morgan fingerprint density at radius 3 is 1.90 bits per heavy atom. The lowest BCUT2D eigenvalue weighted by Crippen LogP contribution is -2.38. The van der Waals surface area contributed by atoms with Crippen molar-refractivity contribution < 1.29 is 19.7 Å². The van der Waals surface area contributed by atoms with Gasteiger partial charge in [0.15, 0.2) is 0 Å². The van der Waals surface area contributed by atoms with Crippen molar-refractivity contribution in [3.05, 3.63) is 20.7 Å². The lowest BCUT2D eigenvalue weighted by molar-refractivity contribution is -0.159. The fourth-order valence-electron chi connectivity index (χ4n) is 2.03. The van der Waals surface area contributed by atoms with Crippen LogP contribution in [0.4, 0.5) is 0 Å². The van der Waals surface area contributed by atoms with E-state index in [-0.39, 0.29) is 30.8 Å². The van der Waals surface area contributed by atoms with Crippen molar-refractivity contribution in [2.45, 2.75) is 26.4 Å². The lowest BCUT2D eigenvalue weighted by atomic mass is 10.1. The Kier molecular flexibility index (Phi) is 3.98. The van der Waals surface area contributed by atoms with E-state index in [1.807, 2.05) is 0 Å². The zero-order valence-electron chi connectivity index (χ0n) is 11.4. The third-order valence-electron chi connectivity index (χ3n) is 2.89. The summed E-state index contributed by atoms with van der Waals surface area (Å²) in [6, 6.07) is 0. The van der Waals surface area contributed by atoms with Crippen LogP contribution >= 0.6 is 31.9 Å². The third kappa shape index (κ3) is 2.76. The van der Waals surface area contributed by atoms with E-state index in [1.165, 1.54) is 10.0 Å². The van der Waals surface area contributed by atoms with Crippen molar-refractivity contribution in [3.8, 4) is 0 Å². The molecule has 0 unspecified atom stereocenters. The van der Waals surface area contributed by atoms with Gasteiger partial charge >= 0.3 is 5.97 Å². The van der Waals surface area contributed by atoms with Gasteiger partial charge < -0.3 is 14.9 Å². The van der Waals surface area contributed by atoms with E-state index in [9.17, 15) is 15.0 Å². The molecule has 2 rings (SSSR count). The first-order valence-electron chi connectivity index (χ1n) is 6.07. The highest BCUT2D eigenvalue weighted by Crippen LogP contribution is 2.39. The zero-order valence-corrected chi connectivity index (χ0v) is 14.5. The summed E-state index contributed by atoms with van der Waals surface area (Å²) in [7, 11) is 0. The molecule has 0 amide bonds. The fraction of sp³-hybridized carbons (Fsp3) is 0.583. The van der Waals surface area contributed by atoms with Crippen LogP contribution in [0.25, 0.3) is 0 Å². The molecule has 112 valence electrons. The Hall–Kier alpha value is -0.890. The second-order valence-corrected chi connectivity index (χ2v) is 7.26. The minimum absolute atomic E-state index is 0.0549. The Balaban J connectivity index is 2.19. The van der Waals surface area contributed by atoms with Crippen LogP contribution in [-0.2, 0) is 9.53 Å². The van der Waals surface area contributed by atoms with Crippen LogP contribution in [-0.4, -0.2) is 44.9 Å². The number of ether oxygens (including phenoxy) is 1. The second-order valence-electron chi connectivity index (χ2n) is 5.67. The molecule has 0 atom stereocenters. The van der Waals surface area contributed by atoms with Crippen LogP contribution in [0.3, 0.4) is 0 Å². The number of hydrazine groups is 1. The number of aliphatic hydroxyl groups excluding tert-OH is 2. The molecule has 0 aromatic rings. The van der Waals surface area contributed by atoms with Gasteiger partial charge in [0, 0.05) is 0 Å². The molecule has 2 N–H and O–H groups in total. The van der Waals surface area contributed by atoms with E-state index < -0.39 is 11.5 Å². The number of rotatable bonds is 1. The van der Waals surface area contributed by atoms with Gasteiger partial charge in [0.25, 0.3) is 0 Å². The van der Waals surface area contributed by atoms with Gasteiger partial charge in [-0.1, -0.05) is 0 Å². The predicted molar refractivity (Wildman–Crippen MR) is 79.9 cm³/mol. The number of carbonyl (C=O) groups is 1. The Bertz CT molecular complexity index is 478. The van der Waals surface area contributed by atoms with Gasteiger partial charge in [-0.05, 0) is 52.6 Å². The van der Waals surface area contributed by atoms with E-state index in [4.69, 9.17) is 4.74 Å². The van der Waals surface area contributed by atoms with Crippen LogP contribution in [0.2, 0.25) is 0 Å². The maximum Gasteiger partial charge on any atom is 0.313 e. The molecule has 0 aliphatic carbocycles. The quantitative estimate of drug-likeness (QED) is 0.646. The summed E-state index contributed by atoms with van der Waals surface area (Å²) < 4.78 is 6.03. The van der Waals surface area contributed by atoms with Gasteiger partial charge in [0.05, 0.1) is 28.0 Å². The van der Waals surface area contributed by atoms with Crippen molar-refractivity contribution in [1.82, 2.24) is 10.0 Å². The van der Waals surface area contributed by atoms with E-state index >= 15 is 0 Å². The largest absolute Gasteiger partial charge is 0.493 e. The lowest BCUT2D eigenvalue weighted by Gasteiger charge is -2.33. The van der Waals surface area contributed by atoms with Crippen molar-refractivity contribution >= 4 is 37.8 Å². The highest BCUT2D eigenvalue weighted by atomic mass is 79.9. The van der Waals surface area contributed by atoms with Crippen molar-refractivity contribution in [2.24, 2.45) is 5.92 Å². The molecule has 6 nitrogen and oxygen atoms in total. The van der Waals surface area contributed by atoms with E-state index in [0.717, 1.165) is 0 Å². The molecular formula is C12H16Br2N2O4. The minimum Gasteiger partial charge on any atom is -0.493 e. The average Bonchev–Trinajstić information content (AvgIpc) is 2.77. The molecule has 20 heavy (non-hydrogen) atoms. The molecular weight excluding hydrogens is 396 g/mol. The average molecular weight is 412 g/mol. The van der Waals surface area contributed by atoms with Gasteiger partial charge in [-0.25, -0.2) is 10.0 Å². The number of halogens is 2. The number of hydrogen-bond acceptors (Lipinski definition) is 6. The predicted octanol–water partition coefficient (Wildman–Crippen LogP) is 2.73. The fourth-order valence-corrected chi connectivity index (χ4v) is 2.80. The summed E-state index contributed by atoms with van der Waals surface area (Å²) in [5, 5.41) is 23.0. The van der Waals surface area contributed by atoms with Gasteiger partial charge in [-0.2, -0.15) is 0 Å². The van der Waals surface area contributed by atoms with Gasteiger partial charge in [0.2, 0.25) is 11.8 Å². The highest BCUT2D eigenvalue weighted by molar-refractivity contribution is 9.15. The van der Waals surface area contributed by atoms with Crippen molar-refractivity contribution in [2.75, 3.05) is 13.1 Å². The maximum atomic E-state index is 12.1. The molecule has 2 aliphatic rings. The van der Waals surface area contributed by atoms with Crippen molar-refractivity contribution in [1.29, 1.82) is 0 Å². The van der Waals surface area contributed by atoms with Gasteiger partial charge in [-0.15, -0.1) is 0 Å². The standard InChI is InChI=1S/C12H16Br2N2O4/c1-12(2,3)20-11(19)6-4-15-9(17)7(13)8(14)10(18)16(15)5-6/h6,17-18H,4-5H2,1-3H3. The van der Waals surface area contributed by atoms with Crippen LogP contribution in [0.15, 0.2) is 20.7 Å². The number of fused-ring (bicyclic) bond motifs is 1. The monoisotopic (exact) mass is 410 g/mol. The molecule has 2 aliphatic heterocycles. The molecule has 0 bridgehead atoms. The molecule has 1 fully saturated rings. The van der Waals surface area contributed by atoms with Crippen molar-refractivity contribution in [3.63, 3.8) is 0 Å². The number of allylic oxidation sites excluding steroid dienone is 2. The number of nitrogens with zero attached hydrogens (tertiary/aromatic N) is 2. The molecule has 2 heterocycles. The Labute approximate surface area is 133 Å². The van der Waals surface area contributed by atoms with Crippen LogP contribution in [0.1, 0.15) is 20.8 Å². The van der Waals surface area contributed by atoms with Crippen LogP contribution in [0.5, 0.6) is 0 Å². The minimum atomic E-state index is -0.563. The molecule has 0 saturated carbocycles. The van der Waals surface area contributed by atoms with Gasteiger partial charge in [-0.3, -0.25) is 4.79 Å². The molecule has 1 saturated heterocycles. The highest BCUT2D eigenvalue weighted by Gasteiger charge is 2.43. The number of carbonyl (C=O) groups excluding carboxylic acids is 1. The van der Waals surface area contributed by atoms with E-state index in [0.29, 0.717) is 8.96 Å². The van der Waals surface area contributed by atoms with Gasteiger partial charge in [0.1, 0.15) is 5.60 Å². The molecule has 0 aromatic heterocycles. The Morgan fingerprint density at radius 1 is 1.15 bits per heavy atom. The summed E-state index contributed by atoms with van der Waals surface area (Å²) in [6.45, 7) is 5.90. The molecule has 0 radical (unpaired) electrons. The number of hydrogen-bond donors (Lipinski definition) is 2. The van der Waals surface area contributed by atoms with Crippen LogP contribution < -0.4 is 0 Å². The maximum absolute atomic E-state index is 12.1.